The van der Waals surface area contributed by atoms with Gasteiger partial charge in [0.2, 0.25) is 5.91 Å². The van der Waals surface area contributed by atoms with Gasteiger partial charge in [0.15, 0.2) is 0 Å². The first kappa shape index (κ1) is 19.8. The first-order valence-corrected chi connectivity index (χ1v) is 9.45. The first-order chi connectivity index (χ1) is 12.5. The average Bonchev–Trinajstić information content (AvgIpc) is 2.61. The quantitative estimate of drug-likeness (QED) is 0.728. The van der Waals surface area contributed by atoms with Crippen LogP contribution in [0.4, 0.5) is 5.69 Å². The number of carbonyl (C=O) groups excluding carboxylic acids is 1. The molecule has 0 radical (unpaired) electrons. The number of rotatable bonds is 7. The van der Waals surface area contributed by atoms with Gasteiger partial charge in [-0.1, -0.05) is 18.7 Å². The molecular formula is C20H23N3O2S. The Balaban J connectivity index is 2.13. The van der Waals surface area contributed by atoms with Gasteiger partial charge in [-0.25, -0.2) is 4.98 Å². The lowest BCUT2D eigenvalue weighted by atomic mass is 10.1. The van der Waals surface area contributed by atoms with Crippen molar-refractivity contribution in [1.82, 2.24) is 4.98 Å². The van der Waals surface area contributed by atoms with Crippen LogP contribution >= 0.6 is 11.8 Å². The largest absolute Gasteiger partial charge is 0.494 e. The minimum Gasteiger partial charge on any atom is -0.494 e. The number of aryl methyl sites for hydroxylation is 2. The summed E-state index contributed by atoms with van der Waals surface area (Å²) in [6.45, 7) is 8.25. The van der Waals surface area contributed by atoms with E-state index in [1.165, 1.54) is 11.8 Å². The fourth-order valence-corrected chi connectivity index (χ4v) is 3.63. The fraction of sp³-hybridized carbons (Fsp3) is 0.350. The van der Waals surface area contributed by atoms with E-state index in [4.69, 9.17) is 4.74 Å². The number of thioether (sulfide) groups is 1. The van der Waals surface area contributed by atoms with Crippen LogP contribution in [-0.2, 0) is 4.79 Å². The Hall–Kier alpha value is -2.52. The highest BCUT2D eigenvalue weighted by Gasteiger charge is 2.21. The van der Waals surface area contributed by atoms with Gasteiger partial charge in [-0.15, -0.1) is 0 Å². The van der Waals surface area contributed by atoms with Crippen LogP contribution in [0.15, 0.2) is 35.4 Å². The van der Waals surface area contributed by atoms with Crippen LogP contribution < -0.4 is 10.1 Å². The lowest BCUT2D eigenvalue weighted by Crippen LogP contribution is -2.24. The summed E-state index contributed by atoms with van der Waals surface area (Å²) >= 11 is 1.34. The molecule has 0 bridgehead atoms. The van der Waals surface area contributed by atoms with Crippen LogP contribution in [0.3, 0.4) is 0 Å². The zero-order chi connectivity index (χ0) is 19.1. The van der Waals surface area contributed by atoms with Crippen LogP contribution in [-0.4, -0.2) is 22.7 Å². The third-order valence-electron chi connectivity index (χ3n) is 3.77. The Bertz CT molecular complexity index is 813. The summed E-state index contributed by atoms with van der Waals surface area (Å²) in [5.74, 6) is 0.663. The second-order valence-electron chi connectivity index (χ2n) is 5.83. The summed E-state index contributed by atoms with van der Waals surface area (Å²) in [6, 6.07) is 11.4. The molecule has 0 fully saturated rings. The highest BCUT2D eigenvalue weighted by atomic mass is 32.2. The van der Waals surface area contributed by atoms with Gasteiger partial charge >= 0.3 is 0 Å². The molecule has 0 saturated heterocycles. The van der Waals surface area contributed by atoms with Gasteiger partial charge < -0.3 is 10.1 Å². The van der Waals surface area contributed by atoms with Crippen LogP contribution in [0, 0.1) is 25.2 Å². The third-order valence-corrected chi connectivity index (χ3v) is 5.12. The molecular weight excluding hydrogens is 346 g/mol. The maximum Gasteiger partial charge on any atom is 0.237 e. The molecule has 0 aliphatic carbocycles. The Kier molecular flexibility index (Phi) is 7.05. The van der Waals surface area contributed by atoms with E-state index in [1.54, 1.807) is 0 Å². The van der Waals surface area contributed by atoms with Gasteiger partial charge in [-0.3, -0.25) is 4.79 Å². The Morgan fingerprint density at radius 2 is 2.00 bits per heavy atom. The molecule has 5 nitrogen and oxygen atoms in total. The number of pyridine rings is 1. The highest BCUT2D eigenvalue weighted by Crippen LogP contribution is 2.29. The van der Waals surface area contributed by atoms with Crippen LogP contribution in [0.2, 0.25) is 0 Å². The average molecular weight is 369 g/mol. The molecule has 1 aromatic carbocycles. The summed E-state index contributed by atoms with van der Waals surface area (Å²) in [5.41, 5.74) is 2.97. The molecule has 1 heterocycles. The van der Waals surface area contributed by atoms with Gasteiger partial charge in [0, 0.05) is 11.4 Å². The topological polar surface area (TPSA) is 75.0 Å². The van der Waals surface area contributed by atoms with E-state index in [1.807, 2.05) is 58.0 Å². The standard InChI is InChI=1S/C20H23N3O2S/c1-5-18(26-20-17(12-21)13(3)11-14(4)22-20)19(24)23-15-7-9-16(10-8-15)25-6-2/h7-11,18H,5-6H2,1-4H3,(H,23,24). The van der Waals surface area contributed by atoms with Gasteiger partial charge in [0.05, 0.1) is 17.4 Å². The monoisotopic (exact) mass is 369 g/mol. The van der Waals surface area contributed by atoms with Crippen molar-refractivity contribution in [1.29, 1.82) is 5.26 Å². The second-order valence-corrected chi connectivity index (χ2v) is 7.03. The predicted molar refractivity (Wildman–Crippen MR) is 105 cm³/mol. The van der Waals surface area contributed by atoms with Crippen LogP contribution in [0.5, 0.6) is 5.75 Å². The summed E-state index contributed by atoms with van der Waals surface area (Å²) in [7, 11) is 0. The lowest BCUT2D eigenvalue weighted by Gasteiger charge is -2.16. The summed E-state index contributed by atoms with van der Waals surface area (Å²) < 4.78 is 5.41. The molecule has 6 heteroatoms. The number of carbonyl (C=O) groups is 1. The van der Waals surface area contributed by atoms with Crippen LogP contribution in [0.1, 0.15) is 37.1 Å². The first-order valence-electron chi connectivity index (χ1n) is 8.57. The van der Waals surface area contributed by atoms with Crippen molar-refractivity contribution >= 4 is 23.4 Å². The van der Waals surface area contributed by atoms with Gasteiger partial charge in [0.1, 0.15) is 16.8 Å². The van der Waals surface area contributed by atoms with Crippen molar-refractivity contribution in [3.63, 3.8) is 0 Å². The maximum atomic E-state index is 12.7. The summed E-state index contributed by atoms with van der Waals surface area (Å²) in [5, 5.41) is 12.6. The number of nitrogens with one attached hydrogen (secondary N) is 1. The van der Waals surface area contributed by atoms with E-state index in [2.05, 4.69) is 16.4 Å². The molecule has 2 aromatic rings. The number of aromatic nitrogens is 1. The molecule has 2 rings (SSSR count). The molecule has 0 aliphatic heterocycles. The number of ether oxygens (including phenoxy) is 1. The Morgan fingerprint density at radius 1 is 1.31 bits per heavy atom. The van der Waals surface area contributed by atoms with E-state index in [9.17, 15) is 10.1 Å². The Labute approximate surface area is 158 Å². The second kappa shape index (κ2) is 9.25. The van der Waals surface area contributed by atoms with Crippen LogP contribution in [0.25, 0.3) is 0 Å². The zero-order valence-electron chi connectivity index (χ0n) is 15.5. The molecule has 1 amide bonds. The molecule has 1 unspecified atom stereocenters. The van der Waals surface area contributed by atoms with Gasteiger partial charge in [0.25, 0.3) is 0 Å². The number of nitriles is 1. The third kappa shape index (κ3) is 4.99. The molecule has 0 saturated carbocycles. The van der Waals surface area contributed by atoms with Crippen molar-refractivity contribution in [2.45, 2.75) is 44.4 Å². The number of anilines is 1. The van der Waals surface area contributed by atoms with E-state index in [-0.39, 0.29) is 11.2 Å². The number of nitrogens with zero attached hydrogens (tertiary/aromatic N) is 2. The predicted octanol–water partition coefficient (Wildman–Crippen LogP) is 4.48. The van der Waals surface area contributed by atoms with Crippen molar-refractivity contribution in [2.75, 3.05) is 11.9 Å². The molecule has 0 spiro atoms. The van der Waals surface area contributed by atoms with Gasteiger partial charge in [-0.05, 0) is 63.1 Å². The van der Waals surface area contributed by atoms with Crippen molar-refractivity contribution in [2.24, 2.45) is 0 Å². The Morgan fingerprint density at radius 3 is 2.58 bits per heavy atom. The minimum atomic E-state index is -0.331. The zero-order valence-corrected chi connectivity index (χ0v) is 16.3. The number of hydrogen-bond acceptors (Lipinski definition) is 5. The minimum absolute atomic E-state index is 0.105. The number of benzene rings is 1. The van der Waals surface area contributed by atoms with E-state index >= 15 is 0 Å². The van der Waals surface area contributed by atoms with E-state index in [0.29, 0.717) is 29.3 Å². The highest BCUT2D eigenvalue weighted by molar-refractivity contribution is 8.00. The van der Waals surface area contributed by atoms with Crippen molar-refractivity contribution < 1.29 is 9.53 Å². The van der Waals surface area contributed by atoms with Gasteiger partial charge in [-0.2, -0.15) is 5.26 Å². The van der Waals surface area contributed by atoms with E-state index < -0.39 is 0 Å². The molecule has 0 aliphatic rings. The molecule has 26 heavy (non-hydrogen) atoms. The lowest BCUT2D eigenvalue weighted by molar-refractivity contribution is -0.115. The number of hydrogen-bond donors (Lipinski definition) is 1. The van der Waals surface area contributed by atoms with Crippen molar-refractivity contribution in [3.8, 4) is 11.8 Å². The normalized spacial score (nSPS) is 11.5. The molecule has 1 aromatic heterocycles. The molecule has 1 atom stereocenters. The van der Waals surface area contributed by atoms with E-state index in [0.717, 1.165) is 17.0 Å². The summed E-state index contributed by atoms with van der Waals surface area (Å²) in [6.07, 6.45) is 0.632. The SMILES string of the molecule is CCOc1ccc(NC(=O)C(CC)Sc2nc(C)cc(C)c2C#N)cc1. The fourth-order valence-electron chi connectivity index (χ4n) is 2.50. The maximum absolute atomic E-state index is 12.7. The summed E-state index contributed by atoms with van der Waals surface area (Å²) in [4.78, 5) is 17.1. The van der Waals surface area contributed by atoms with Crippen molar-refractivity contribution in [3.05, 3.63) is 47.2 Å². The molecule has 1 N–H and O–H groups in total. The molecule has 136 valence electrons. The smallest absolute Gasteiger partial charge is 0.237 e. The number of amides is 1.